The average molecular weight is 255 g/mol. The van der Waals surface area contributed by atoms with Crippen molar-refractivity contribution in [1.82, 2.24) is 15.1 Å². The number of rotatable bonds is 8. The minimum absolute atomic E-state index is 0.334. The lowest BCUT2D eigenvalue weighted by molar-refractivity contribution is -0.131. The van der Waals surface area contributed by atoms with Gasteiger partial charge in [-0.15, -0.1) is 0 Å². The van der Waals surface area contributed by atoms with Crippen molar-refractivity contribution < 1.29 is 4.79 Å². The molecule has 1 aliphatic heterocycles. The van der Waals surface area contributed by atoms with Gasteiger partial charge in [-0.25, -0.2) is 0 Å². The van der Waals surface area contributed by atoms with Gasteiger partial charge < -0.3 is 10.2 Å². The molecule has 0 aliphatic carbocycles. The Kier molecular flexibility index (Phi) is 8.01. The number of amides is 1. The summed E-state index contributed by atoms with van der Waals surface area (Å²) in [6.45, 7) is 11.5. The van der Waals surface area contributed by atoms with Crippen molar-refractivity contribution in [3.8, 4) is 0 Å². The van der Waals surface area contributed by atoms with E-state index in [1.54, 1.807) is 0 Å². The van der Waals surface area contributed by atoms with Gasteiger partial charge in [0.2, 0.25) is 5.91 Å². The highest BCUT2D eigenvalue weighted by molar-refractivity contribution is 5.76. The molecule has 0 unspecified atom stereocenters. The minimum atomic E-state index is 0.334. The fraction of sp³-hybridized carbons (Fsp3) is 0.929. The van der Waals surface area contributed by atoms with E-state index in [4.69, 9.17) is 0 Å². The molecule has 0 aromatic carbocycles. The Morgan fingerprint density at radius 2 is 1.89 bits per heavy atom. The molecular weight excluding hydrogens is 226 g/mol. The molecule has 0 bridgehead atoms. The van der Waals surface area contributed by atoms with Crippen LogP contribution in [0.1, 0.15) is 39.5 Å². The summed E-state index contributed by atoms with van der Waals surface area (Å²) in [6.07, 6.45) is 3.93. The first kappa shape index (κ1) is 15.4. The molecule has 1 rings (SSSR count). The predicted octanol–water partition coefficient (Wildman–Crippen LogP) is 1.32. The molecule has 1 heterocycles. The number of unbranched alkanes of at least 4 members (excludes halogenated alkanes) is 1. The Balaban J connectivity index is 2.31. The van der Waals surface area contributed by atoms with Gasteiger partial charge in [0.15, 0.2) is 0 Å². The summed E-state index contributed by atoms with van der Waals surface area (Å²) >= 11 is 0. The molecule has 0 atom stereocenters. The largest absolute Gasteiger partial charge is 0.341 e. The highest BCUT2D eigenvalue weighted by Crippen LogP contribution is 2.02. The van der Waals surface area contributed by atoms with Crippen molar-refractivity contribution in [2.75, 3.05) is 45.8 Å². The number of nitrogens with zero attached hydrogens (tertiary/aromatic N) is 2. The van der Waals surface area contributed by atoms with Crippen molar-refractivity contribution >= 4 is 5.91 Å². The van der Waals surface area contributed by atoms with Crippen molar-refractivity contribution in [2.24, 2.45) is 0 Å². The second kappa shape index (κ2) is 9.34. The third kappa shape index (κ3) is 5.83. The number of piperazine rings is 1. The summed E-state index contributed by atoms with van der Waals surface area (Å²) in [5.41, 5.74) is 0. The summed E-state index contributed by atoms with van der Waals surface area (Å²) in [7, 11) is 0. The SMILES string of the molecule is CCCCN(CCN1CCNCC1)C(=O)CCC. The molecule has 1 aliphatic rings. The van der Waals surface area contributed by atoms with Crippen LogP contribution in [0.15, 0.2) is 0 Å². The third-order valence-corrected chi connectivity index (χ3v) is 3.49. The van der Waals surface area contributed by atoms with Crippen LogP contribution in [-0.2, 0) is 4.79 Å². The fourth-order valence-corrected chi connectivity index (χ4v) is 2.28. The maximum absolute atomic E-state index is 12.0. The van der Waals surface area contributed by atoms with Crippen LogP contribution in [0.5, 0.6) is 0 Å². The fourth-order valence-electron chi connectivity index (χ4n) is 2.28. The molecule has 0 spiro atoms. The lowest BCUT2D eigenvalue weighted by Crippen LogP contribution is -2.47. The molecule has 4 heteroatoms. The Morgan fingerprint density at radius 3 is 2.50 bits per heavy atom. The van der Waals surface area contributed by atoms with Gasteiger partial charge in [0.1, 0.15) is 0 Å². The quantitative estimate of drug-likeness (QED) is 0.710. The molecule has 0 aromatic heterocycles. The van der Waals surface area contributed by atoms with Crippen LogP contribution in [-0.4, -0.2) is 61.5 Å². The topological polar surface area (TPSA) is 35.6 Å². The molecule has 1 saturated heterocycles. The van der Waals surface area contributed by atoms with E-state index < -0.39 is 0 Å². The normalized spacial score (nSPS) is 16.8. The summed E-state index contributed by atoms with van der Waals surface area (Å²) in [6, 6.07) is 0. The number of nitrogens with one attached hydrogen (secondary N) is 1. The zero-order chi connectivity index (χ0) is 13.2. The van der Waals surface area contributed by atoms with Crippen molar-refractivity contribution in [2.45, 2.75) is 39.5 Å². The van der Waals surface area contributed by atoms with Crippen LogP contribution in [0.2, 0.25) is 0 Å². The zero-order valence-electron chi connectivity index (χ0n) is 12.1. The molecule has 18 heavy (non-hydrogen) atoms. The lowest BCUT2D eigenvalue weighted by atomic mass is 10.2. The first-order valence-corrected chi connectivity index (χ1v) is 7.48. The second-order valence-electron chi connectivity index (χ2n) is 5.08. The summed E-state index contributed by atoms with van der Waals surface area (Å²) in [5.74, 6) is 0.334. The lowest BCUT2D eigenvalue weighted by Gasteiger charge is -2.30. The van der Waals surface area contributed by atoms with Gasteiger partial charge >= 0.3 is 0 Å². The van der Waals surface area contributed by atoms with Crippen LogP contribution in [0.25, 0.3) is 0 Å². The molecule has 0 aromatic rings. The summed E-state index contributed by atoms with van der Waals surface area (Å²) < 4.78 is 0. The van der Waals surface area contributed by atoms with E-state index >= 15 is 0 Å². The zero-order valence-corrected chi connectivity index (χ0v) is 12.1. The standard InChI is InChI=1S/C14H29N3O/c1-3-5-9-17(14(18)6-4-2)13-12-16-10-7-15-8-11-16/h15H,3-13H2,1-2H3. The average Bonchev–Trinajstić information content (AvgIpc) is 2.40. The van der Waals surface area contributed by atoms with E-state index in [2.05, 4.69) is 29.0 Å². The van der Waals surface area contributed by atoms with E-state index in [-0.39, 0.29) is 0 Å². The summed E-state index contributed by atoms with van der Waals surface area (Å²) in [5, 5.41) is 3.36. The van der Waals surface area contributed by atoms with Gasteiger partial charge in [-0.2, -0.15) is 0 Å². The maximum Gasteiger partial charge on any atom is 0.222 e. The van der Waals surface area contributed by atoms with Gasteiger partial charge in [-0.05, 0) is 12.8 Å². The van der Waals surface area contributed by atoms with Gasteiger partial charge in [0, 0.05) is 52.2 Å². The van der Waals surface area contributed by atoms with E-state index in [0.717, 1.165) is 65.1 Å². The molecule has 0 radical (unpaired) electrons. The highest BCUT2D eigenvalue weighted by atomic mass is 16.2. The Morgan fingerprint density at radius 1 is 1.17 bits per heavy atom. The Hall–Kier alpha value is -0.610. The van der Waals surface area contributed by atoms with Crippen molar-refractivity contribution in [3.05, 3.63) is 0 Å². The molecule has 4 nitrogen and oxygen atoms in total. The first-order valence-electron chi connectivity index (χ1n) is 7.48. The third-order valence-electron chi connectivity index (χ3n) is 3.49. The van der Waals surface area contributed by atoms with E-state index in [0.29, 0.717) is 12.3 Å². The smallest absolute Gasteiger partial charge is 0.222 e. The van der Waals surface area contributed by atoms with Gasteiger partial charge in [-0.3, -0.25) is 9.69 Å². The van der Waals surface area contributed by atoms with E-state index in [9.17, 15) is 4.79 Å². The number of carbonyl (C=O) groups excluding carboxylic acids is 1. The predicted molar refractivity (Wildman–Crippen MR) is 75.7 cm³/mol. The number of carbonyl (C=O) groups is 1. The van der Waals surface area contributed by atoms with E-state index in [1.165, 1.54) is 0 Å². The first-order chi connectivity index (χ1) is 8.77. The van der Waals surface area contributed by atoms with Gasteiger partial charge in [-0.1, -0.05) is 20.3 Å². The van der Waals surface area contributed by atoms with Gasteiger partial charge in [0.25, 0.3) is 0 Å². The Labute approximate surface area is 112 Å². The monoisotopic (exact) mass is 255 g/mol. The molecule has 1 amide bonds. The summed E-state index contributed by atoms with van der Waals surface area (Å²) in [4.78, 5) is 16.5. The van der Waals surface area contributed by atoms with Crippen molar-refractivity contribution in [1.29, 1.82) is 0 Å². The molecule has 1 N–H and O–H groups in total. The molecular formula is C14H29N3O. The van der Waals surface area contributed by atoms with Crippen LogP contribution in [0.4, 0.5) is 0 Å². The van der Waals surface area contributed by atoms with Crippen LogP contribution in [0.3, 0.4) is 0 Å². The van der Waals surface area contributed by atoms with Crippen LogP contribution < -0.4 is 5.32 Å². The number of hydrogen-bond donors (Lipinski definition) is 1. The molecule has 106 valence electrons. The molecule has 0 saturated carbocycles. The highest BCUT2D eigenvalue weighted by Gasteiger charge is 2.15. The van der Waals surface area contributed by atoms with Crippen LogP contribution >= 0.6 is 0 Å². The molecule has 1 fully saturated rings. The minimum Gasteiger partial charge on any atom is -0.341 e. The van der Waals surface area contributed by atoms with Crippen molar-refractivity contribution in [3.63, 3.8) is 0 Å². The van der Waals surface area contributed by atoms with Crippen LogP contribution in [0, 0.1) is 0 Å². The maximum atomic E-state index is 12.0. The Bertz CT molecular complexity index is 227. The number of hydrogen-bond acceptors (Lipinski definition) is 3. The van der Waals surface area contributed by atoms with Gasteiger partial charge in [0.05, 0.1) is 0 Å². The second-order valence-corrected chi connectivity index (χ2v) is 5.08. The van der Waals surface area contributed by atoms with E-state index in [1.807, 2.05) is 0 Å².